The Morgan fingerprint density at radius 2 is 1.86 bits per heavy atom. The monoisotopic (exact) mass is 198 g/mol. The van der Waals surface area contributed by atoms with Crippen molar-refractivity contribution in [2.75, 3.05) is 33.7 Å². The Bertz CT molecular complexity index is 145. The van der Waals surface area contributed by atoms with Crippen molar-refractivity contribution in [3.05, 3.63) is 0 Å². The van der Waals surface area contributed by atoms with Crippen LogP contribution in [0.1, 0.15) is 39.0 Å². The van der Waals surface area contributed by atoms with Gasteiger partial charge in [0.1, 0.15) is 0 Å². The number of nitrogens with one attached hydrogen (secondary N) is 1. The fourth-order valence-electron chi connectivity index (χ4n) is 2.75. The average molecular weight is 198 g/mol. The molecule has 1 aliphatic rings. The van der Waals surface area contributed by atoms with Crippen molar-refractivity contribution in [3.8, 4) is 0 Å². The standard InChI is InChI=1S/C12H26N2/c1-4-14(3)11-12(10-13-2)8-6-5-7-9-12/h13H,4-11H2,1-3H3. The van der Waals surface area contributed by atoms with E-state index in [1.54, 1.807) is 0 Å². The van der Waals surface area contributed by atoms with Crippen LogP contribution in [0.25, 0.3) is 0 Å². The summed E-state index contributed by atoms with van der Waals surface area (Å²) in [7, 11) is 4.33. The van der Waals surface area contributed by atoms with E-state index in [1.165, 1.54) is 51.7 Å². The van der Waals surface area contributed by atoms with Gasteiger partial charge in [-0.15, -0.1) is 0 Å². The average Bonchev–Trinajstić information content (AvgIpc) is 2.19. The van der Waals surface area contributed by atoms with Crippen LogP contribution in [-0.2, 0) is 0 Å². The van der Waals surface area contributed by atoms with Gasteiger partial charge in [0.05, 0.1) is 0 Å². The van der Waals surface area contributed by atoms with E-state index in [1.807, 2.05) is 0 Å². The SMILES string of the molecule is CCN(C)CC1(CNC)CCCCC1. The summed E-state index contributed by atoms with van der Waals surface area (Å²) in [5.41, 5.74) is 0.567. The lowest BCUT2D eigenvalue weighted by molar-refractivity contribution is 0.123. The minimum absolute atomic E-state index is 0.567. The van der Waals surface area contributed by atoms with Crippen LogP contribution >= 0.6 is 0 Å². The van der Waals surface area contributed by atoms with Gasteiger partial charge >= 0.3 is 0 Å². The van der Waals surface area contributed by atoms with Crippen molar-refractivity contribution in [2.24, 2.45) is 5.41 Å². The number of rotatable bonds is 5. The summed E-state index contributed by atoms with van der Waals surface area (Å²) in [6.07, 6.45) is 7.14. The molecular weight excluding hydrogens is 172 g/mol. The highest BCUT2D eigenvalue weighted by molar-refractivity contribution is 4.86. The molecule has 0 saturated heterocycles. The largest absolute Gasteiger partial charge is 0.319 e. The Morgan fingerprint density at radius 3 is 2.36 bits per heavy atom. The van der Waals surface area contributed by atoms with Gasteiger partial charge in [-0.05, 0) is 38.9 Å². The molecule has 14 heavy (non-hydrogen) atoms. The maximum absolute atomic E-state index is 3.38. The molecule has 0 radical (unpaired) electrons. The first-order valence-electron chi connectivity index (χ1n) is 6.05. The number of nitrogens with zero attached hydrogens (tertiary/aromatic N) is 1. The zero-order chi connectivity index (χ0) is 10.4. The van der Waals surface area contributed by atoms with Crippen molar-refractivity contribution in [3.63, 3.8) is 0 Å². The topological polar surface area (TPSA) is 15.3 Å². The van der Waals surface area contributed by atoms with E-state index in [4.69, 9.17) is 0 Å². The molecule has 0 aromatic carbocycles. The van der Waals surface area contributed by atoms with Crippen LogP contribution in [0.3, 0.4) is 0 Å². The highest BCUT2D eigenvalue weighted by atomic mass is 15.1. The van der Waals surface area contributed by atoms with Gasteiger partial charge in [-0.2, -0.15) is 0 Å². The van der Waals surface area contributed by atoms with Gasteiger partial charge in [-0.3, -0.25) is 0 Å². The summed E-state index contributed by atoms with van der Waals surface area (Å²) in [5, 5.41) is 3.38. The molecule has 84 valence electrons. The smallest absolute Gasteiger partial charge is 0.00470 e. The first-order chi connectivity index (χ1) is 6.72. The molecule has 0 unspecified atom stereocenters. The molecule has 1 N–H and O–H groups in total. The highest BCUT2D eigenvalue weighted by Gasteiger charge is 2.31. The minimum atomic E-state index is 0.567. The van der Waals surface area contributed by atoms with Crippen molar-refractivity contribution in [1.29, 1.82) is 0 Å². The quantitative estimate of drug-likeness (QED) is 0.728. The molecule has 1 saturated carbocycles. The normalized spacial score (nSPS) is 21.4. The van der Waals surface area contributed by atoms with Crippen LogP contribution in [0, 0.1) is 5.41 Å². The second kappa shape index (κ2) is 5.72. The summed E-state index contributed by atoms with van der Waals surface area (Å²) in [6.45, 7) is 5.88. The molecule has 0 amide bonds. The molecule has 1 aliphatic carbocycles. The summed E-state index contributed by atoms with van der Waals surface area (Å²) in [4.78, 5) is 2.46. The summed E-state index contributed by atoms with van der Waals surface area (Å²) >= 11 is 0. The summed E-state index contributed by atoms with van der Waals surface area (Å²) in [5.74, 6) is 0. The van der Waals surface area contributed by atoms with E-state index in [0.717, 1.165) is 0 Å². The molecule has 0 spiro atoms. The van der Waals surface area contributed by atoms with Crippen molar-refractivity contribution in [1.82, 2.24) is 10.2 Å². The first-order valence-corrected chi connectivity index (χ1v) is 6.05. The summed E-state index contributed by atoms with van der Waals surface area (Å²) < 4.78 is 0. The second-order valence-corrected chi connectivity index (χ2v) is 4.92. The molecular formula is C12H26N2. The lowest BCUT2D eigenvalue weighted by Gasteiger charge is -2.40. The molecule has 1 rings (SSSR count). The van der Waals surface area contributed by atoms with Gasteiger partial charge in [0.15, 0.2) is 0 Å². The molecule has 0 aliphatic heterocycles. The van der Waals surface area contributed by atoms with Crippen molar-refractivity contribution in [2.45, 2.75) is 39.0 Å². The Balaban J connectivity index is 2.50. The van der Waals surface area contributed by atoms with Gasteiger partial charge in [-0.1, -0.05) is 26.2 Å². The van der Waals surface area contributed by atoms with Gasteiger partial charge in [0.2, 0.25) is 0 Å². The van der Waals surface area contributed by atoms with E-state index in [2.05, 4.69) is 31.2 Å². The van der Waals surface area contributed by atoms with Gasteiger partial charge in [0.25, 0.3) is 0 Å². The summed E-state index contributed by atoms with van der Waals surface area (Å²) in [6, 6.07) is 0. The number of hydrogen-bond donors (Lipinski definition) is 1. The van der Waals surface area contributed by atoms with Crippen LogP contribution in [-0.4, -0.2) is 38.6 Å². The van der Waals surface area contributed by atoms with Crippen molar-refractivity contribution < 1.29 is 0 Å². The molecule has 0 bridgehead atoms. The van der Waals surface area contributed by atoms with Gasteiger partial charge in [-0.25, -0.2) is 0 Å². The van der Waals surface area contributed by atoms with E-state index in [-0.39, 0.29) is 0 Å². The number of hydrogen-bond acceptors (Lipinski definition) is 2. The lowest BCUT2D eigenvalue weighted by atomic mass is 9.73. The molecule has 0 heterocycles. The highest BCUT2D eigenvalue weighted by Crippen LogP contribution is 2.36. The van der Waals surface area contributed by atoms with Crippen LogP contribution < -0.4 is 5.32 Å². The van der Waals surface area contributed by atoms with Crippen molar-refractivity contribution >= 4 is 0 Å². The van der Waals surface area contributed by atoms with E-state index < -0.39 is 0 Å². The van der Waals surface area contributed by atoms with Gasteiger partial charge in [0, 0.05) is 13.1 Å². The zero-order valence-electron chi connectivity index (χ0n) is 10.1. The fourth-order valence-corrected chi connectivity index (χ4v) is 2.75. The lowest BCUT2D eigenvalue weighted by Crippen LogP contribution is -2.43. The van der Waals surface area contributed by atoms with E-state index in [0.29, 0.717) is 5.41 Å². The molecule has 2 nitrogen and oxygen atoms in total. The van der Waals surface area contributed by atoms with E-state index in [9.17, 15) is 0 Å². The van der Waals surface area contributed by atoms with Crippen LogP contribution in [0.5, 0.6) is 0 Å². The predicted molar refractivity (Wildman–Crippen MR) is 62.6 cm³/mol. The van der Waals surface area contributed by atoms with Crippen LogP contribution in [0.4, 0.5) is 0 Å². The fraction of sp³-hybridized carbons (Fsp3) is 1.00. The third-order valence-corrected chi connectivity index (χ3v) is 3.61. The minimum Gasteiger partial charge on any atom is -0.319 e. The Morgan fingerprint density at radius 1 is 1.21 bits per heavy atom. The third-order valence-electron chi connectivity index (χ3n) is 3.61. The maximum atomic E-state index is 3.38. The van der Waals surface area contributed by atoms with E-state index >= 15 is 0 Å². The Kier molecular flexibility index (Phi) is 4.90. The van der Waals surface area contributed by atoms with Crippen LogP contribution in [0.2, 0.25) is 0 Å². The molecule has 1 fully saturated rings. The third kappa shape index (κ3) is 3.25. The zero-order valence-corrected chi connectivity index (χ0v) is 10.1. The molecule has 0 atom stereocenters. The molecule has 0 aromatic rings. The van der Waals surface area contributed by atoms with Gasteiger partial charge < -0.3 is 10.2 Å². The molecule has 2 heteroatoms. The maximum Gasteiger partial charge on any atom is 0.00470 e. The Hall–Kier alpha value is -0.0800. The second-order valence-electron chi connectivity index (χ2n) is 4.92. The van der Waals surface area contributed by atoms with Crippen LogP contribution in [0.15, 0.2) is 0 Å². The molecule has 0 aromatic heterocycles. The predicted octanol–water partition coefficient (Wildman–Crippen LogP) is 2.11. The first kappa shape index (κ1) is 12.0. The Labute approximate surface area is 89.1 Å².